The van der Waals surface area contributed by atoms with Crippen LogP contribution in [0.5, 0.6) is 0 Å². The van der Waals surface area contributed by atoms with Gasteiger partial charge in [0.1, 0.15) is 12.1 Å². The van der Waals surface area contributed by atoms with Gasteiger partial charge in [-0.3, -0.25) is 0 Å². The minimum absolute atomic E-state index is 0.833. The number of nitrogens with one attached hydrogen (secondary N) is 1. The van der Waals surface area contributed by atoms with Crippen molar-refractivity contribution < 1.29 is 0 Å². The number of aryl methyl sites for hydroxylation is 1. The fourth-order valence-corrected chi connectivity index (χ4v) is 3.55. The minimum Gasteiger partial charge on any atom is -0.365 e. The summed E-state index contributed by atoms with van der Waals surface area (Å²) in [5, 5.41) is 3.41. The molecule has 1 aliphatic rings. The van der Waals surface area contributed by atoms with Crippen molar-refractivity contribution in [2.45, 2.75) is 25.8 Å². The van der Waals surface area contributed by atoms with E-state index in [1.165, 1.54) is 26.3 Å². The molecule has 1 aliphatic carbocycles. The lowest BCUT2D eigenvalue weighted by atomic mass is 10.2. The maximum atomic E-state index is 4.34. The molecule has 3 rings (SSSR count). The third-order valence-corrected chi connectivity index (χ3v) is 4.56. The van der Waals surface area contributed by atoms with Crippen LogP contribution in [0.4, 0.5) is 5.82 Å². The van der Waals surface area contributed by atoms with Gasteiger partial charge in [-0.15, -0.1) is 11.3 Å². The number of rotatable bonds is 3. The molecule has 0 spiro atoms. The molecule has 2 aromatic heterocycles. The van der Waals surface area contributed by atoms with Gasteiger partial charge in [-0.1, -0.05) is 0 Å². The van der Waals surface area contributed by atoms with Gasteiger partial charge in [0.25, 0.3) is 0 Å². The topological polar surface area (TPSA) is 37.8 Å². The second kappa shape index (κ2) is 4.74. The van der Waals surface area contributed by atoms with Crippen LogP contribution in [-0.4, -0.2) is 9.97 Å². The zero-order valence-electron chi connectivity index (χ0n) is 9.24. The molecule has 0 atom stereocenters. The maximum absolute atomic E-state index is 4.34. The molecule has 88 valence electrons. The molecule has 0 amide bonds. The van der Waals surface area contributed by atoms with Gasteiger partial charge in [-0.25, -0.2) is 9.97 Å². The van der Waals surface area contributed by atoms with Crippen molar-refractivity contribution in [3.05, 3.63) is 38.4 Å². The second-order valence-corrected chi connectivity index (χ2v) is 6.61. The maximum Gasteiger partial charge on any atom is 0.133 e. The average molecular weight is 310 g/mol. The molecular formula is C12H12BrN3S. The van der Waals surface area contributed by atoms with E-state index >= 15 is 0 Å². The molecule has 1 N–H and O–H groups in total. The van der Waals surface area contributed by atoms with Crippen LogP contribution in [-0.2, 0) is 19.4 Å². The summed E-state index contributed by atoms with van der Waals surface area (Å²) >= 11 is 5.22. The first-order valence-electron chi connectivity index (χ1n) is 5.64. The zero-order valence-corrected chi connectivity index (χ0v) is 11.6. The normalized spacial score (nSPS) is 13.7. The fourth-order valence-electron chi connectivity index (χ4n) is 2.13. The van der Waals surface area contributed by atoms with Gasteiger partial charge in [-0.2, -0.15) is 0 Å². The largest absolute Gasteiger partial charge is 0.365 e. The number of hydrogen-bond acceptors (Lipinski definition) is 4. The van der Waals surface area contributed by atoms with Gasteiger partial charge in [-0.05, 0) is 47.3 Å². The molecule has 17 heavy (non-hydrogen) atoms. The summed E-state index contributed by atoms with van der Waals surface area (Å²) < 4.78 is 1.17. The molecule has 3 nitrogen and oxygen atoms in total. The number of thiophene rings is 1. The Labute approximate surface area is 112 Å². The SMILES string of the molecule is Brc1ccc(CNc2ncnc3c2CCC3)s1. The summed E-state index contributed by atoms with van der Waals surface area (Å²) in [5.41, 5.74) is 2.53. The van der Waals surface area contributed by atoms with Crippen LogP contribution >= 0.6 is 27.3 Å². The van der Waals surface area contributed by atoms with Crippen LogP contribution in [0, 0.1) is 0 Å². The summed E-state index contributed by atoms with van der Waals surface area (Å²) in [7, 11) is 0. The lowest BCUT2D eigenvalue weighted by Crippen LogP contribution is -2.04. The van der Waals surface area contributed by atoms with Gasteiger partial charge in [0, 0.05) is 16.1 Å². The molecule has 0 aliphatic heterocycles. The van der Waals surface area contributed by atoms with Crippen LogP contribution in [0.25, 0.3) is 0 Å². The summed E-state index contributed by atoms with van der Waals surface area (Å²) in [6.07, 6.45) is 5.06. The Bertz CT molecular complexity index is 538. The molecule has 0 radical (unpaired) electrons. The molecule has 0 unspecified atom stereocenters. The fraction of sp³-hybridized carbons (Fsp3) is 0.333. The Balaban J connectivity index is 1.75. The first kappa shape index (κ1) is 11.2. The van der Waals surface area contributed by atoms with E-state index < -0.39 is 0 Å². The highest BCUT2D eigenvalue weighted by atomic mass is 79.9. The Hall–Kier alpha value is -0.940. The predicted octanol–water partition coefficient (Wildman–Crippen LogP) is 3.40. The van der Waals surface area contributed by atoms with Crippen molar-refractivity contribution in [2.75, 3.05) is 5.32 Å². The van der Waals surface area contributed by atoms with E-state index in [1.807, 2.05) is 0 Å². The zero-order chi connectivity index (χ0) is 11.7. The Kier molecular flexibility index (Phi) is 3.11. The monoisotopic (exact) mass is 309 g/mol. The van der Waals surface area contributed by atoms with E-state index in [9.17, 15) is 0 Å². The smallest absolute Gasteiger partial charge is 0.133 e. The summed E-state index contributed by atoms with van der Waals surface area (Å²) in [5.74, 6) is 1.01. The molecule has 0 bridgehead atoms. The Morgan fingerprint density at radius 3 is 3.06 bits per heavy atom. The third-order valence-electron chi connectivity index (χ3n) is 2.93. The molecule has 0 saturated carbocycles. The lowest BCUT2D eigenvalue weighted by Gasteiger charge is -2.08. The molecule has 2 aromatic rings. The van der Waals surface area contributed by atoms with Crippen molar-refractivity contribution in [3.63, 3.8) is 0 Å². The van der Waals surface area contributed by atoms with E-state index in [-0.39, 0.29) is 0 Å². The summed E-state index contributed by atoms with van der Waals surface area (Å²) in [6, 6.07) is 4.20. The van der Waals surface area contributed by atoms with Crippen molar-refractivity contribution in [1.82, 2.24) is 9.97 Å². The molecule has 2 heterocycles. The van der Waals surface area contributed by atoms with Gasteiger partial charge in [0.15, 0.2) is 0 Å². The highest BCUT2D eigenvalue weighted by Gasteiger charge is 2.16. The van der Waals surface area contributed by atoms with Crippen LogP contribution < -0.4 is 5.32 Å². The van der Waals surface area contributed by atoms with Crippen molar-refractivity contribution in [3.8, 4) is 0 Å². The van der Waals surface area contributed by atoms with Gasteiger partial charge in [0.2, 0.25) is 0 Å². The van der Waals surface area contributed by atoms with E-state index in [0.29, 0.717) is 0 Å². The van der Waals surface area contributed by atoms with E-state index in [1.54, 1.807) is 17.7 Å². The van der Waals surface area contributed by atoms with E-state index in [2.05, 4.69) is 43.3 Å². The minimum atomic E-state index is 0.833. The van der Waals surface area contributed by atoms with Crippen molar-refractivity contribution >= 4 is 33.1 Å². The molecular weight excluding hydrogens is 298 g/mol. The number of aromatic nitrogens is 2. The summed E-state index contributed by atoms with van der Waals surface area (Å²) in [6.45, 7) is 0.833. The molecule has 5 heteroatoms. The standard InChI is InChI=1S/C12H12BrN3S/c13-11-5-4-8(17-11)6-14-12-9-2-1-3-10(9)15-7-16-12/h4-5,7H,1-3,6H2,(H,14,15,16). The lowest BCUT2D eigenvalue weighted by molar-refractivity contribution is 0.899. The average Bonchev–Trinajstić information content (AvgIpc) is 2.94. The molecule has 0 saturated heterocycles. The van der Waals surface area contributed by atoms with Gasteiger partial charge < -0.3 is 5.32 Å². The van der Waals surface area contributed by atoms with Gasteiger partial charge >= 0.3 is 0 Å². The van der Waals surface area contributed by atoms with Crippen LogP contribution in [0.1, 0.15) is 22.6 Å². The van der Waals surface area contributed by atoms with Crippen LogP contribution in [0.2, 0.25) is 0 Å². The quantitative estimate of drug-likeness (QED) is 0.944. The highest BCUT2D eigenvalue weighted by molar-refractivity contribution is 9.11. The first-order valence-corrected chi connectivity index (χ1v) is 7.25. The second-order valence-electron chi connectivity index (χ2n) is 4.06. The number of halogens is 1. The van der Waals surface area contributed by atoms with Crippen LogP contribution in [0.15, 0.2) is 22.2 Å². The number of fused-ring (bicyclic) bond motifs is 1. The van der Waals surface area contributed by atoms with E-state index in [0.717, 1.165) is 25.2 Å². The van der Waals surface area contributed by atoms with Crippen molar-refractivity contribution in [2.24, 2.45) is 0 Å². The first-order chi connectivity index (χ1) is 8.33. The number of hydrogen-bond donors (Lipinski definition) is 1. The van der Waals surface area contributed by atoms with E-state index in [4.69, 9.17) is 0 Å². The molecule has 0 fully saturated rings. The third kappa shape index (κ3) is 2.35. The van der Waals surface area contributed by atoms with Gasteiger partial charge in [0.05, 0.1) is 10.3 Å². The Morgan fingerprint density at radius 1 is 1.29 bits per heavy atom. The Morgan fingerprint density at radius 2 is 2.24 bits per heavy atom. The molecule has 0 aromatic carbocycles. The number of anilines is 1. The predicted molar refractivity (Wildman–Crippen MR) is 73.4 cm³/mol. The van der Waals surface area contributed by atoms with Crippen LogP contribution in [0.3, 0.4) is 0 Å². The van der Waals surface area contributed by atoms with Crippen molar-refractivity contribution in [1.29, 1.82) is 0 Å². The number of nitrogens with zero attached hydrogens (tertiary/aromatic N) is 2. The summed E-state index contributed by atoms with van der Waals surface area (Å²) in [4.78, 5) is 9.97. The highest BCUT2D eigenvalue weighted by Crippen LogP contribution is 2.27.